The standard InChI is InChI=1S/C14H15NO4/c1-3-15-8-11(14(18)19-4-2)13(17)10-7-9(16)5-6-12(10)15/h5-8,16H,3-4H2,1-2H3. The number of aromatic hydroxyl groups is 1. The number of phenolic OH excluding ortho intramolecular Hbond substituents is 1. The van der Waals surface area contributed by atoms with Crippen LogP contribution in [0.15, 0.2) is 29.2 Å². The monoisotopic (exact) mass is 261 g/mol. The lowest BCUT2D eigenvalue weighted by molar-refractivity contribution is 0.0524. The molecule has 0 aliphatic rings. The molecule has 5 nitrogen and oxygen atoms in total. The van der Waals surface area contributed by atoms with Crippen molar-refractivity contribution in [3.63, 3.8) is 0 Å². The summed E-state index contributed by atoms with van der Waals surface area (Å²) in [7, 11) is 0. The summed E-state index contributed by atoms with van der Waals surface area (Å²) in [5.41, 5.74) is 0.245. The number of aromatic nitrogens is 1. The quantitative estimate of drug-likeness (QED) is 0.857. The van der Waals surface area contributed by atoms with E-state index in [2.05, 4.69) is 0 Å². The highest BCUT2D eigenvalue weighted by Gasteiger charge is 2.16. The Morgan fingerprint density at radius 3 is 2.74 bits per heavy atom. The van der Waals surface area contributed by atoms with Crippen LogP contribution in [0.1, 0.15) is 24.2 Å². The number of hydrogen-bond donors (Lipinski definition) is 1. The van der Waals surface area contributed by atoms with Gasteiger partial charge in [0.15, 0.2) is 0 Å². The second-order valence-electron chi connectivity index (χ2n) is 4.08. The third-order valence-corrected chi connectivity index (χ3v) is 2.90. The molecular weight excluding hydrogens is 246 g/mol. The Hall–Kier alpha value is -2.30. The van der Waals surface area contributed by atoms with Crippen molar-refractivity contribution in [3.8, 4) is 5.75 Å². The molecule has 0 aliphatic carbocycles. The van der Waals surface area contributed by atoms with Crippen molar-refractivity contribution >= 4 is 16.9 Å². The molecule has 0 atom stereocenters. The molecule has 5 heteroatoms. The van der Waals surface area contributed by atoms with E-state index in [1.165, 1.54) is 18.3 Å². The number of nitrogens with zero attached hydrogens (tertiary/aromatic N) is 1. The predicted molar refractivity (Wildman–Crippen MR) is 71.5 cm³/mol. The van der Waals surface area contributed by atoms with Crippen LogP contribution in [0.5, 0.6) is 5.75 Å². The van der Waals surface area contributed by atoms with E-state index in [1.807, 2.05) is 6.92 Å². The Labute approximate surface area is 110 Å². The largest absolute Gasteiger partial charge is 0.508 e. The number of carbonyl (C=O) groups is 1. The van der Waals surface area contributed by atoms with Crippen LogP contribution in [0.2, 0.25) is 0 Å². The minimum atomic E-state index is -0.639. The number of aryl methyl sites for hydroxylation is 1. The Bertz CT molecular complexity index is 688. The molecule has 19 heavy (non-hydrogen) atoms. The number of carbonyl (C=O) groups excluding carboxylic acids is 1. The summed E-state index contributed by atoms with van der Waals surface area (Å²) < 4.78 is 6.65. The number of rotatable bonds is 3. The highest BCUT2D eigenvalue weighted by molar-refractivity contribution is 5.94. The van der Waals surface area contributed by atoms with Gasteiger partial charge in [0.25, 0.3) is 0 Å². The molecule has 0 saturated heterocycles. The maximum atomic E-state index is 12.2. The van der Waals surface area contributed by atoms with Gasteiger partial charge in [0.1, 0.15) is 11.3 Å². The molecule has 1 N–H and O–H groups in total. The van der Waals surface area contributed by atoms with Crippen LogP contribution in [0.4, 0.5) is 0 Å². The van der Waals surface area contributed by atoms with E-state index in [9.17, 15) is 14.7 Å². The van der Waals surface area contributed by atoms with E-state index in [4.69, 9.17) is 4.74 Å². The summed E-state index contributed by atoms with van der Waals surface area (Å²) in [5, 5.41) is 9.80. The number of ether oxygens (including phenoxy) is 1. The van der Waals surface area contributed by atoms with Gasteiger partial charge in [0.05, 0.1) is 17.5 Å². The van der Waals surface area contributed by atoms with Gasteiger partial charge in [0.2, 0.25) is 5.43 Å². The fourth-order valence-electron chi connectivity index (χ4n) is 2.00. The number of pyridine rings is 1. The number of esters is 1. The summed E-state index contributed by atoms with van der Waals surface area (Å²) in [6.45, 7) is 4.41. The maximum absolute atomic E-state index is 12.2. The van der Waals surface area contributed by atoms with Crippen LogP contribution >= 0.6 is 0 Å². The highest BCUT2D eigenvalue weighted by Crippen LogP contribution is 2.18. The van der Waals surface area contributed by atoms with Gasteiger partial charge in [0, 0.05) is 12.7 Å². The lowest BCUT2D eigenvalue weighted by Crippen LogP contribution is -2.20. The van der Waals surface area contributed by atoms with Gasteiger partial charge in [-0.2, -0.15) is 0 Å². The molecule has 1 aromatic heterocycles. The molecule has 1 heterocycles. The number of fused-ring (bicyclic) bond motifs is 1. The summed E-state index contributed by atoms with van der Waals surface area (Å²) >= 11 is 0. The molecule has 0 fully saturated rings. The third-order valence-electron chi connectivity index (χ3n) is 2.90. The van der Waals surface area contributed by atoms with Gasteiger partial charge < -0.3 is 14.4 Å². The Balaban J connectivity index is 2.77. The molecule has 0 spiro atoms. The molecule has 0 unspecified atom stereocenters. The molecule has 0 saturated carbocycles. The van der Waals surface area contributed by atoms with Crippen molar-refractivity contribution in [2.24, 2.45) is 0 Å². The topological polar surface area (TPSA) is 68.5 Å². The van der Waals surface area contributed by atoms with E-state index in [1.54, 1.807) is 17.6 Å². The minimum Gasteiger partial charge on any atom is -0.508 e. The summed E-state index contributed by atoms with van der Waals surface area (Å²) in [5.74, 6) is -0.645. The van der Waals surface area contributed by atoms with E-state index in [0.29, 0.717) is 17.4 Å². The molecule has 100 valence electrons. The van der Waals surface area contributed by atoms with Gasteiger partial charge in [-0.1, -0.05) is 0 Å². The molecule has 0 aliphatic heterocycles. The van der Waals surface area contributed by atoms with Gasteiger partial charge in [-0.05, 0) is 32.0 Å². The summed E-state index contributed by atoms with van der Waals surface area (Å²) in [6, 6.07) is 4.54. The molecule has 2 aromatic rings. The lowest BCUT2D eigenvalue weighted by atomic mass is 10.1. The smallest absolute Gasteiger partial charge is 0.343 e. The van der Waals surface area contributed by atoms with Gasteiger partial charge in [-0.25, -0.2) is 4.79 Å². The van der Waals surface area contributed by atoms with Crippen LogP contribution in [0.25, 0.3) is 10.9 Å². The molecule has 0 radical (unpaired) electrons. The van der Waals surface area contributed by atoms with Crippen molar-refractivity contribution in [1.29, 1.82) is 0 Å². The van der Waals surface area contributed by atoms with Crippen molar-refractivity contribution in [1.82, 2.24) is 4.57 Å². The van der Waals surface area contributed by atoms with Gasteiger partial charge >= 0.3 is 5.97 Å². The molecule has 1 aromatic carbocycles. The normalized spacial score (nSPS) is 10.6. The Morgan fingerprint density at radius 2 is 2.11 bits per heavy atom. The third kappa shape index (κ3) is 2.31. The van der Waals surface area contributed by atoms with Crippen LogP contribution in [0, 0.1) is 0 Å². The van der Waals surface area contributed by atoms with Crippen molar-refractivity contribution < 1.29 is 14.6 Å². The van der Waals surface area contributed by atoms with E-state index in [-0.39, 0.29) is 17.9 Å². The second-order valence-corrected chi connectivity index (χ2v) is 4.08. The number of hydrogen-bond acceptors (Lipinski definition) is 4. The van der Waals surface area contributed by atoms with Gasteiger partial charge in [-0.15, -0.1) is 0 Å². The van der Waals surface area contributed by atoms with E-state index in [0.717, 1.165) is 0 Å². The van der Waals surface area contributed by atoms with E-state index >= 15 is 0 Å². The number of phenols is 1. The first-order chi connectivity index (χ1) is 9.08. The van der Waals surface area contributed by atoms with Crippen LogP contribution < -0.4 is 5.43 Å². The molecule has 0 amide bonds. The first-order valence-corrected chi connectivity index (χ1v) is 6.11. The van der Waals surface area contributed by atoms with E-state index < -0.39 is 11.4 Å². The molecule has 2 rings (SSSR count). The SMILES string of the molecule is CCOC(=O)c1cn(CC)c2ccc(O)cc2c1=O. The Kier molecular flexibility index (Phi) is 3.55. The average Bonchev–Trinajstić information content (AvgIpc) is 2.40. The van der Waals surface area contributed by atoms with Crippen LogP contribution in [-0.4, -0.2) is 22.2 Å². The second kappa shape index (κ2) is 5.14. The molecule has 0 bridgehead atoms. The first kappa shape index (κ1) is 13.1. The summed E-state index contributed by atoms with van der Waals surface area (Å²) in [4.78, 5) is 24.0. The average molecular weight is 261 g/mol. The summed E-state index contributed by atoms with van der Waals surface area (Å²) in [6.07, 6.45) is 1.50. The fraction of sp³-hybridized carbons (Fsp3) is 0.286. The number of benzene rings is 1. The van der Waals surface area contributed by atoms with Crippen LogP contribution in [0.3, 0.4) is 0 Å². The van der Waals surface area contributed by atoms with Crippen molar-refractivity contribution in [2.75, 3.05) is 6.61 Å². The predicted octanol–water partition coefficient (Wildman–Crippen LogP) is 1.90. The van der Waals surface area contributed by atoms with Crippen molar-refractivity contribution in [2.45, 2.75) is 20.4 Å². The molecular formula is C14H15NO4. The zero-order valence-electron chi connectivity index (χ0n) is 10.8. The first-order valence-electron chi connectivity index (χ1n) is 6.11. The highest BCUT2D eigenvalue weighted by atomic mass is 16.5. The van der Waals surface area contributed by atoms with Crippen LogP contribution in [-0.2, 0) is 11.3 Å². The fourth-order valence-corrected chi connectivity index (χ4v) is 2.00. The Morgan fingerprint density at radius 1 is 1.37 bits per heavy atom. The zero-order valence-corrected chi connectivity index (χ0v) is 10.8. The van der Waals surface area contributed by atoms with Gasteiger partial charge in [-0.3, -0.25) is 4.79 Å². The van der Waals surface area contributed by atoms with Crippen molar-refractivity contribution in [3.05, 3.63) is 40.2 Å². The minimum absolute atomic E-state index is 0.00624. The zero-order chi connectivity index (χ0) is 14.0. The maximum Gasteiger partial charge on any atom is 0.343 e. The lowest BCUT2D eigenvalue weighted by Gasteiger charge is -2.11.